The number of aliphatic carboxylic acids is 1. The first kappa shape index (κ1) is 11.0. The Balaban J connectivity index is 2.70. The third-order valence-corrected chi connectivity index (χ3v) is 2.30. The van der Waals surface area contributed by atoms with Crippen molar-refractivity contribution in [1.82, 2.24) is 4.90 Å². The molecule has 0 aromatic carbocycles. The van der Waals surface area contributed by atoms with E-state index in [4.69, 9.17) is 5.11 Å². The second-order valence-electron chi connectivity index (χ2n) is 4.76. The van der Waals surface area contributed by atoms with Gasteiger partial charge in [-0.15, -0.1) is 0 Å². The second kappa shape index (κ2) is 3.59. The molecule has 0 spiro atoms. The molecule has 1 saturated carbocycles. The molecule has 1 fully saturated rings. The summed E-state index contributed by atoms with van der Waals surface area (Å²) in [5.41, 5.74) is -0.405. The van der Waals surface area contributed by atoms with Crippen molar-refractivity contribution in [2.24, 2.45) is 5.92 Å². The van der Waals surface area contributed by atoms with E-state index in [1.807, 2.05) is 20.8 Å². The molecule has 1 aliphatic carbocycles. The van der Waals surface area contributed by atoms with Gasteiger partial charge in [-0.25, -0.2) is 0 Å². The summed E-state index contributed by atoms with van der Waals surface area (Å²) in [6.45, 7) is 5.38. The molecule has 14 heavy (non-hydrogen) atoms. The molecular formula is C10H17NO3. The Kier molecular flexibility index (Phi) is 2.83. The highest BCUT2D eigenvalue weighted by molar-refractivity contribution is 5.85. The van der Waals surface area contributed by atoms with E-state index in [-0.39, 0.29) is 18.4 Å². The van der Waals surface area contributed by atoms with E-state index in [2.05, 4.69) is 0 Å². The number of hydrogen-bond donors (Lipinski definition) is 1. The Hall–Kier alpha value is -1.06. The average molecular weight is 199 g/mol. The van der Waals surface area contributed by atoms with E-state index in [9.17, 15) is 9.59 Å². The van der Waals surface area contributed by atoms with Crippen LogP contribution in [0.3, 0.4) is 0 Å². The van der Waals surface area contributed by atoms with Gasteiger partial charge in [-0.3, -0.25) is 9.59 Å². The monoisotopic (exact) mass is 199 g/mol. The van der Waals surface area contributed by atoms with Crippen molar-refractivity contribution in [2.45, 2.75) is 39.2 Å². The van der Waals surface area contributed by atoms with Crippen LogP contribution in [0.15, 0.2) is 0 Å². The molecule has 1 rings (SSSR count). The molecule has 1 aliphatic rings. The van der Waals surface area contributed by atoms with Gasteiger partial charge in [-0.05, 0) is 33.6 Å². The number of nitrogens with zero attached hydrogens (tertiary/aromatic N) is 1. The van der Waals surface area contributed by atoms with Gasteiger partial charge in [-0.2, -0.15) is 0 Å². The van der Waals surface area contributed by atoms with Gasteiger partial charge in [-0.1, -0.05) is 0 Å². The van der Waals surface area contributed by atoms with Crippen LogP contribution in [0, 0.1) is 5.92 Å². The predicted octanol–water partition coefficient (Wildman–Crippen LogP) is 1.11. The van der Waals surface area contributed by atoms with Crippen molar-refractivity contribution in [1.29, 1.82) is 0 Å². The van der Waals surface area contributed by atoms with Crippen LogP contribution in [0.5, 0.6) is 0 Å². The quantitative estimate of drug-likeness (QED) is 0.740. The van der Waals surface area contributed by atoms with Crippen molar-refractivity contribution in [3.63, 3.8) is 0 Å². The highest BCUT2D eigenvalue weighted by atomic mass is 16.4. The fraction of sp³-hybridized carbons (Fsp3) is 0.800. The van der Waals surface area contributed by atoms with Gasteiger partial charge in [0.25, 0.3) is 0 Å². The van der Waals surface area contributed by atoms with E-state index in [0.29, 0.717) is 0 Å². The lowest BCUT2D eigenvalue weighted by atomic mass is 10.1. The zero-order valence-corrected chi connectivity index (χ0v) is 8.91. The topological polar surface area (TPSA) is 57.6 Å². The highest BCUT2D eigenvalue weighted by Gasteiger charge is 2.38. The summed E-state index contributed by atoms with van der Waals surface area (Å²) in [5, 5.41) is 8.70. The molecule has 0 aliphatic heterocycles. The summed E-state index contributed by atoms with van der Waals surface area (Å²) in [6.07, 6.45) is 1.82. The molecule has 1 N–H and O–H groups in total. The molecule has 1 amide bonds. The summed E-state index contributed by atoms with van der Waals surface area (Å²) in [5.74, 6) is -0.887. The molecule has 0 unspecified atom stereocenters. The summed E-state index contributed by atoms with van der Waals surface area (Å²) in [7, 11) is 0. The Labute approximate surface area is 83.9 Å². The fourth-order valence-corrected chi connectivity index (χ4v) is 1.33. The summed E-state index contributed by atoms with van der Waals surface area (Å²) in [6, 6.07) is 0. The minimum absolute atomic E-state index is 0.0140. The molecule has 0 aromatic heterocycles. The maximum atomic E-state index is 11.8. The van der Waals surface area contributed by atoms with Crippen LogP contribution in [0.25, 0.3) is 0 Å². The van der Waals surface area contributed by atoms with Crippen LogP contribution in [-0.4, -0.2) is 34.0 Å². The standard InChI is InChI=1S/C10H17NO3/c1-10(2,3)11(6-8(12)13)9(14)7-4-5-7/h7H,4-6H2,1-3H3,(H,12,13). The van der Waals surface area contributed by atoms with Crippen molar-refractivity contribution < 1.29 is 14.7 Å². The normalized spacial score (nSPS) is 16.5. The van der Waals surface area contributed by atoms with Crippen molar-refractivity contribution in [2.75, 3.05) is 6.54 Å². The molecule has 80 valence electrons. The number of amides is 1. The van der Waals surface area contributed by atoms with E-state index >= 15 is 0 Å². The zero-order valence-electron chi connectivity index (χ0n) is 8.91. The number of carboxylic acid groups (broad SMARTS) is 1. The van der Waals surface area contributed by atoms with Crippen LogP contribution < -0.4 is 0 Å². The largest absolute Gasteiger partial charge is 0.480 e. The van der Waals surface area contributed by atoms with Crippen LogP contribution in [-0.2, 0) is 9.59 Å². The molecule has 0 heterocycles. The van der Waals surface area contributed by atoms with Crippen molar-refractivity contribution >= 4 is 11.9 Å². The number of carboxylic acids is 1. The minimum atomic E-state index is -0.950. The Bertz CT molecular complexity index is 251. The Morgan fingerprint density at radius 1 is 1.36 bits per heavy atom. The van der Waals surface area contributed by atoms with E-state index < -0.39 is 11.5 Å². The number of hydrogen-bond acceptors (Lipinski definition) is 2. The van der Waals surface area contributed by atoms with Crippen molar-refractivity contribution in [3.05, 3.63) is 0 Å². The van der Waals surface area contributed by atoms with Gasteiger partial charge < -0.3 is 10.0 Å². The van der Waals surface area contributed by atoms with Crippen LogP contribution in [0.2, 0.25) is 0 Å². The summed E-state index contributed by atoms with van der Waals surface area (Å²) < 4.78 is 0. The van der Waals surface area contributed by atoms with Gasteiger partial charge in [0.15, 0.2) is 0 Å². The first-order valence-corrected chi connectivity index (χ1v) is 4.85. The van der Waals surface area contributed by atoms with E-state index in [0.717, 1.165) is 12.8 Å². The average Bonchev–Trinajstić information content (AvgIpc) is 2.78. The van der Waals surface area contributed by atoms with Gasteiger partial charge in [0.1, 0.15) is 6.54 Å². The summed E-state index contributed by atoms with van der Waals surface area (Å²) >= 11 is 0. The first-order valence-electron chi connectivity index (χ1n) is 4.85. The molecular weight excluding hydrogens is 182 g/mol. The van der Waals surface area contributed by atoms with Gasteiger partial charge in [0, 0.05) is 11.5 Å². The molecule has 4 nitrogen and oxygen atoms in total. The van der Waals surface area contributed by atoms with Gasteiger partial charge in [0.05, 0.1) is 0 Å². The minimum Gasteiger partial charge on any atom is -0.480 e. The number of carbonyl (C=O) groups is 2. The van der Waals surface area contributed by atoms with Crippen LogP contribution in [0.1, 0.15) is 33.6 Å². The maximum Gasteiger partial charge on any atom is 0.323 e. The molecule has 0 radical (unpaired) electrons. The third-order valence-electron chi connectivity index (χ3n) is 2.30. The zero-order chi connectivity index (χ0) is 10.9. The SMILES string of the molecule is CC(C)(C)N(CC(=O)O)C(=O)C1CC1. The number of carbonyl (C=O) groups excluding carboxylic acids is 1. The lowest BCUT2D eigenvalue weighted by molar-refractivity contribution is -0.148. The fourth-order valence-electron chi connectivity index (χ4n) is 1.33. The Morgan fingerprint density at radius 2 is 1.86 bits per heavy atom. The molecule has 0 bridgehead atoms. The molecule has 0 aromatic rings. The van der Waals surface area contributed by atoms with Crippen LogP contribution in [0.4, 0.5) is 0 Å². The predicted molar refractivity (Wildman–Crippen MR) is 51.8 cm³/mol. The van der Waals surface area contributed by atoms with E-state index in [1.165, 1.54) is 4.90 Å². The smallest absolute Gasteiger partial charge is 0.323 e. The number of rotatable bonds is 3. The van der Waals surface area contributed by atoms with Gasteiger partial charge in [0.2, 0.25) is 5.91 Å². The molecule has 0 saturated heterocycles. The summed E-state index contributed by atoms with van der Waals surface area (Å²) in [4.78, 5) is 23.8. The maximum absolute atomic E-state index is 11.8. The third kappa shape index (κ3) is 2.72. The lowest BCUT2D eigenvalue weighted by Gasteiger charge is -2.34. The van der Waals surface area contributed by atoms with E-state index in [1.54, 1.807) is 0 Å². The highest BCUT2D eigenvalue weighted by Crippen LogP contribution is 2.33. The first-order chi connectivity index (χ1) is 6.32. The second-order valence-corrected chi connectivity index (χ2v) is 4.76. The Morgan fingerprint density at radius 3 is 2.14 bits per heavy atom. The van der Waals surface area contributed by atoms with Crippen LogP contribution >= 0.6 is 0 Å². The molecule has 0 atom stereocenters. The lowest BCUT2D eigenvalue weighted by Crippen LogP contribution is -2.48. The molecule has 4 heteroatoms. The van der Waals surface area contributed by atoms with Gasteiger partial charge >= 0.3 is 5.97 Å². The van der Waals surface area contributed by atoms with Crippen molar-refractivity contribution in [3.8, 4) is 0 Å².